The van der Waals surface area contributed by atoms with Crippen molar-refractivity contribution >= 4 is 11.6 Å². The third-order valence-corrected chi connectivity index (χ3v) is 3.78. The van der Waals surface area contributed by atoms with Crippen molar-refractivity contribution in [3.63, 3.8) is 0 Å². The summed E-state index contributed by atoms with van der Waals surface area (Å²) in [5.74, 6) is -0.234. The quantitative estimate of drug-likeness (QED) is 0.690. The van der Waals surface area contributed by atoms with Crippen LogP contribution in [-0.4, -0.2) is 35.5 Å². The van der Waals surface area contributed by atoms with Crippen LogP contribution in [0.3, 0.4) is 0 Å². The number of nitrogens with zero attached hydrogens (tertiary/aromatic N) is 1. The van der Waals surface area contributed by atoms with Crippen LogP contribution >= 0.6 is 0 Å². The van der Waals surface area contributed by atoms with Gasteiger partial charge in [0.25, 0.3) is 0 Å². The van der Waals surface area contributed by atoms with Gasteiger partial charge in [0.15, 0.2) is 0 Å². The zero-order valence-electron chi connectivity index (χ0n) is 11.0. The molecule has 0 aromatic heterocycles. The Morgan fingerprint density at radius 1 is 1.37 bits per heavy atom. The summed E-state index contributed by atoms with van der Waals surface area (Å²) in [4.78, 5) is 13.2. The molecule has 5 heteroatoms. The van der Waals surface area contributed by atoms with Crippen LogP contribution in [0.4, 0.5) is 5.69 Å². The van der Waals surface area contributed by atoms with Gasteiger partial charge in [0, 0.05) is 23.7 Å². The van der Waals surface area contributed by atoms with E-state index >= 15 is 0 Å². The number of nitrogen functional groups attached to an aromatic ring is 1. The third-order valence-electron chi connectivity index (χ3n) is 3.78. The maximum atomic E-state index is 11.1. The van der Waals surface area contributed by atoms with Crippen LogP contribution in [-0.2, 0) is 4.79 Å². The maximum absolute atomic E-state index is 11.1. The maximum Gasteiger partial charge on any atom is 0.220 e. The molecule has 1 atom stereocenters. The van der Waals surface area contributed by atoms with Crippen molar-refractivity contribution in [3.8, 4) is 0 Å². The summed E-state index contributed by atoms with van der Waals surface area (Å²) >= 11 is 0. The van der Waals surface area contributed by atoms with E-state index in [2.05, 4.69) is 4.90 Å². The minimum Gasteiger partial charge on any atom is -0.398 e. The second-order valence-electron chi connectivity index (χ2n) is 5.12. The molecule has 2 rings (SSSR count). The third kappa shape index (κ3) is 3.45. The second-order valence-corrected chi connectivity index (χ2v) is 5.12. The Hall–Kier alpha value is -1.59. The predicted molar refractivity (Wildman–Crippen MR) is 74.2 cm³/mol. The summed E-state index contributed by atoms with van der Waals surface area (Å²) in [5, 5.41) is 10.2. The van der Waals surface area contributed by atoms with Crippen LogP contribution in [0.2, 0.25) is 0 Å². The van der Waals surface area contributed by atoms with Gasteiger partial charge in [-0.05, 0) is 32.0 Å². The molecule has 0 bridgehead atoms. The summed E-state index contributed by atoms with van der Waals surface area (Å²) in [5.41, 5.74) is 12.5. The van der Waals surface area contributed by atoms with E-state index < -0.39 is 6.10 Å². The first-order chi connectivity index (χ1) is 9.08. The Labute approximate surface area is 113 Å². The van der Waals surface area contributed by atoms with Crippen molar-refractivity contribution in [2.75, 3.05) is 25.4 Å². The topological polar surface area (TPSA) is 92.6 Å². The number of amides is 1. The number of piperidine rings is 1. The molecular formula is C14H21N3O2. The highest BCUT2D eigenvalue weighted by molar-refractivity contribution is 5.76. The van der Waals surface area contributed by atoms with E-state index in [0.717, 1.165) is 31.5 Å². The lowest BCUT2D eigenvalue weighted by Crippen LogP contribution is -2.40. The number of rotatable bonds is 4. The Morgan fingerprint density at radius 3 is 2.58 bits per heavy atom. The minimum atomic E-state index is -0.591. The van der Waals surface area contributed by atoms with Gasteiger partial charge in [-0.1, -0.05) is 18.2 Å². The molecule has 1 aliphatic rings. The van der Waals surface area contributed by atoms with Gasteiger partial charge in [-0.15, -0.1) is 0 Å². The number of β-amino-alcohol motifs (C(OH)–C–C–N with tert-alkyl or cyclic N) is 1. The lowest BCUT2D eigenvalue weighted by molar-refractivity contribution is -0.123. The molecule has 1 unspecified atom stereocenters. The van der Waals surface area contributed by atoms with Gasteiger partial charge in [0.05, 0.1) is 6.10 Å². The molecule has 1 amide bonds. The summed E-state index contributed by atoms with van der Waals surface area (Å²) in [6, 6.07) is 7.35. The molecule has 1 fully saturated rings. The normalized spacial score (nSPS) is 19.2. The van der Waals surface area contributed by atoms with E-state index in [4.69, 9.17) is 11.5 Å². The Kier molecular flexibility index (Phi) is 4.39. The predicted octanol–water partition coefficient (Wildman–Crippen LogP) is 0.499. The summed E-state index contributed by atoms with van der Waals surface area (Å²) < 4.78 is 0. The zero-order chi connectivity index (χ0) is 13.8. The van der Waals surface area contributed by atoms with E-state index in [1.807, 2.05) is 18.2 Å². The molecule has 0 radical (unpaired) electrons. The molecule has 5 N–H and O–H groups in total. The minimum absolute atomic E-state index is 0.0183. The number of likely N-dealkylation sites (tertiary alicyclic amines) is 1. The van der Waals surface area contributed by atoms with Crippen LogP contribution < -0.4 is 11.5 Å². The number of anilines is 1. The first-order valence-electron chi connectivity index (χ1n) is 6.62. The fourth-order valence-corrected chi connectivity index (χ4v) is 2.56. The van der Waals surface area contributed by atoms with E-state index in [0.29, 0.717) is 12.2 Å². The van der Waals surface area contributed by atoms with Crippen molar-refractivity contribution in [2.24, 2.45) is 11.7 Å². The van der Waals surface area contributed by atoms with Gasteiger partial charge in [0.1, 0.15) is 0 Å². The summed E-state index contributed by atoms with van der Waals surface area (Å²) in [6.07, 6.45) is 0.949. The van der Waals surface area contributed by atoms with Gasteiger partial charge in [0.2, 0.25) is 5.91 Å². The molecule has 0 saturated carbocycles. The lowest BCUT2D eigenvalue weighted by Gasteiger charge is -2.32. The van der Waals surface area contributed by atoms with Crippen LogP contribution in [0.15, 0.2) is 24.3 Å². The van der Waals surface area contributed by atoms with Crippen molar-refractivity contribution < 1.29 is 9.90 Å². The summed E-state index contributed by atoms with van der Waals surface area (Å²) in [7, 11) is 0. The molecule has 1 saturated heterocycles. The van der Waals surface area contributed by atoms with Crippen molar-refractivity contribution in [3.05, 3.63) is 29.8 Å². The van der Waals surface area contributed by atoms with E-state index in [1.54, 1.807) is 6.07 Å². The monoisotopic (exact) mass is 263 g/mol. The number of para-hydroxylation sites is 1. The van der Waals surface area contributed by atoms with Crippen LogP contribution in [0.25, 0.3) is 0 Å². The average molecular weight is 263 g/mol. The number of nitrogens with two attached hydrogens (primary N) is 2. The number of aliphatic hydroxyl groups is 1. The largest absolute Gasteiger partial charge is 0.398 e. The van der Waals surface area contributed by atoms with Crippen LogP contribution in [0.1, 0.15) is 24.5 Å². The van der Waals surface area contributed by atoms with Crippen molar-refractivity contribution in [1.29, 1.82) is 0 Å². The molecule has 5 nitrogen and oxygen atoms in total. The van der Waals surface area contributed by atoms with E-state index in [-0.39, 0.29) is 11.8 Å². The fraction of sp³-hybridized carbons (Fsp3) is 0.500. The van der Waals surface area contributed by atoms with Gasteiger partial charge < -0.3 is 21.5 Å². The molecular weight excluding hydrogens is 242 g/mol. The number of carbonyl (C=O) groups is 1. The Bertz CT molecular complexity index is 442. The highest BCUT2D eigenvalue weighted by Crippen LogP contribution is 2.23. The molecule has 1 aromatic rings. The smallest absolute Gasteiger partial charge is 0.220 e. The lowest BCUT2D eigenvalue weighted by atomic mass is 9.95. The first kappa shape index (κ1) is 13.8. The Balaban J connectivity index is 1.89. The number of carbonyl (C=O) groups excluding carboxylic acids is 1. The second kappa shape index (κ2) is 6.04. The molecule has 0 aliphatic carbocycles. The molecule has 1 aromatic carbocycles. The Morgan fingerprint density at radius 2 is 2.00 bits per heavy atom. The number of benzene rings is 1. The van der Waals surface area contributed by atoms with Crippen LogP contribution in [0.5, 0.6) is 0 Å². The standard InChI is InChI=1S/C14H21N3O2/c15-12-4-2-1-3-11(12)13(18)9-17-7-5-10(6-8-17)14(16)19/h1-4,10,13,18H,5-9,15H2,(H2,16,19). The highest BCUT2D eigenvalue weighted by Gasteiger charge is 2.24. The van der Waals surface area contributed by atoms with Gasteiger partial charge >= 0.3 is 0 Å². The van der Waals surface area contributed by atoms with E-state index in [9.17, 15) is 9.90 Å². The SMILES string of the molecule is NC(=O)C1CCN(CC(O)c2ccccc2N)CC1. The summed E-state index contributed by atoms with van der Waals surface area (Å²) in [6.45, 7) is 2.12. The number of aliphatic hydroxyl groups excluding tert-OH is 1. The number of hydrogen-bond acceptors (Lipinski definition) is 4. The van der Waals surface area contributed by atoms with Crippen LogP contribution in [0, 0.1) is 5.92 Å². The average Bonchev–Trinajstić information content (AvgIpc) is 2.39. The fourth-order valence-electron chi connectivity index (χ4n) is 2.56. The van der Waals surface area contributed by atoms with Gasteiger partial charge in [-0.3, -0.25) is 4.79 Å². The molecule has 1 heterocycles. The van der Waals surface area contributed by atoms with Crippen molar-refractivity contribution in [2.45, 2.75) is 18.9 Å². The molecule has 104 valence electrons. The number of hydrogen-bond donors (Lipinski definition) is 3. The zero-order valence-corrected chi connectivity index (χ0v) is 11.0. The number of primary amides is 1. The molecule has 1 aliphatic heterocycles. The van der Waals surface area contributed by atoms with Gasteiger partial charge in [-0.2, -0.15) is 0 Å². The van der Waals surface area contributed by atoms with Gasteiger partial charge in [-0.25, -0.2) is 0 Å². The van der Waals surface area contributed by atoms with Crippen molar-refractivity contribution in [1.82, 2.24) is 4.90 Å². The highest BCUT2D eigenvalue weighted by atomic mass is 16.3. The molecule has 19 heavy (non-hydrogen) atoms. The first-order valence-corrected chi connectivity index (χ1v) is 6.62. The van der Waals surface area contributed by atoms with E-state index in [1.165, 1.54) is 0 Å². The molecule has 0 spiro atoms.